The van der Waals surface area contributed by atoms with Crippen LogP contribution in [-0.4, -0.2) is 24.7 Å². The van der Waals surface area contributed by atoms with E-state index in [4.69, 9.17) is 4.74 Å². The lowest BCUT2D eigenvalue weighted by Crippen LogP contribution is -2.53. The second-order valence-corrected chi connectivity index (χ2v) is 5.01. The van der Waals surface area contributed by atoms with Crippen LogP contribution in [0.25, 0.3) is 0 Å². The molecule has 0 heterocycles. The number of carbonyl (C=O) groups is 1. The fourth-order valence-corrected chi connectivity index (χ4v) is 2.11. The van der Waals surface area contributed by atoms with E-state index in [1.54, 1.807) is 25.1 Å². The van der Waals surface area contributed by atoms with Crippen LogP contribution >= 0.6 is 0 Å². The van der Waals surface area contributed by atoms with Gasteiger partial charge in [-0.1, -0.05) is 18.2 Å². The van der Waals surface area contributed by atoms with E-state index in [-0.39, 0.29) is 11.8 Å². The van der Waals surface area contributed by atoms with Crippen molar-refractivity contribution in [2.45, 2.75) is 37.8 Å². The summed E-state index contributed by atoms with van der Waals surface area (Å²) in [5, 5.41) is 3.25. The predicted molar refractivity (Wildman–Crippen MR) is 66.7 cm³/mol. The van der Waals surface area contributed by atoms with Crippen LogP contribution in [0.1, 0.15) is 25.3 Å². The minimum atomic E-state index is -0.863. The Morgan fingerprint density at radius 3 is 2.72 bits per heavy atom. The third-order valence-corrected chi connectivity index (χ3v) is 3.24. The smallest absolute Gasteiger partial charge is 0.326 e. The molecule has 18 heavy (non-hydrogen) atoms. The fraction of sp³-hybridized carbons (Fsp3) is 0.500. The van der Waals surface area contributed by atoms with Crippen LogP contribution in [0.5, 0.6) is 0 Å². The van der Waals surface area contributed by atoms with Gasteiger partial charge in [0.1, 0.15) is 11.4 Å². The van der Waals surface area contributed by atoms with Crippen molar-refractivity contribution in [2.24, 2.45) is 0 Å². The van der Waals surface area contributed by atoms with Crippen LogP contribution < -0.4 is 5.32 Å². The monoisotopic (exact) mass is 251 g/mol. The Balaban J connectivity index is 2.18. The van der Waals surface area contributed by atoms with Crippen molar-refractivity contribution in [1.82, 2.24) is 5.32 Å². The van der Waals surface area contributed by atoms with Gasteiger partial charge in [0, 0.05) is 12.5 Å². The Morgan fingerprint density at radius 2 is 2.17 bits per heavy atom. The van der Waals surface area contributed by atoms with Gasteiger partial charge in [0.2, 0.25) is 0 Å². The van der Waals surface area contributed by atoms with Gasteiger partial charge in [-0.25, -0.2) is 4.39 Å². The molecule has 1 N–H and O–H groups in total. The maximum atomic E-state index is 13.7. The van der Waals surface area contributed by atoms with Crippen molar-refractivity contribution >= 4 is 5.97 Å². The molecule has 1 fully saturated rings. The molecule has 1 aromatic rings. The number of ether oxygens (including phenoxy) is 1. The summed E-state index contributed by atoms with van der Waals surface area (Å²) in [5.74, 6) is -0.636. The van der Waals surface area contributed by atoms with Crippen molar-refractivity contribution in [1.29, 1.82) is 0 Å². The van der Waals surface area contributed by atoms with E-state index in [0.29, 0.717) is 18.0 Å². The zero-order valence-corrected chi connectivity index (χ0v) is 10.7. The number of hydrogen-bond acceptors (Lipinski definition) is 3. The van der Waals surface area contributed by atoms with Gasteiger partial charge in [0.05, 0.1) is 7.11 Å². The number of rotatable bonds is 5. The van der Waals surface area contributed by atoms with E-state index in [9.17, 15) is 9.18 Å². The lowest BCUT2D eigenvalue weighted by Gasteiger charge is -2.28. The van der Waals surface area contributed by atoms with Crippen LogP contribution in [-0.2, 0) is 16.0 Å². The highest BCUT2D eigenvalue weighted by atomic mass is 19.1. The first-order valence-electron chi connectivity index (χ1n) is 6.15. The zero-order valence-electron chi connectivity index (χ0n) is 10.7. The first-order valence-corrected chi connectivity index (χ1v) is 6.15. The molecule has 0 aliphatic heterocycles. The Kier molecular flexibility index (Phi) is 3.66. The molecule has 4 heteroatoms. The largest absolute Gasteiger partial charge is 0.468 e. The average molecular weight is 251 g/mol. The van der Waals surface area contributed by atoms with Crippen molar-refractivity contribution in [2.75, 3.05) is 7.11 Å². The van der Waals surface area contributed by atoms with E-state index >= 15 is 0 Å². The summed E-state index contributed by atoms with van der Waals surface area (Å²) in [6.07, 6.45) is 2.41. The minimum absolute atomic E-state index is 0.287. The Bertz CT molecular complexity index is 445. The van der Waals surface area contributed by atoms with Crippen LogP contribution in [0.15, 0.2) is 24.3 Å². The SMILES string of the molecule is COC(=O)C(C)(Cc1ccccc1F)NC1CC1. The molecule has 1 saturated carbocycles. The first kappa shape index (κ1) is 13.0. The molecule has 1 atom stereocenters. The molecular formula is C14H18FNO2. The number of esters is 1. The summed E-state index contributed by atoms with van der Waals surface area (Å²) in [5.41, 5.74) is -0.337. The third kappa shape index (κ3) is 2.88. The highest BCUT2D eigenvalue weighted by Gasteiger charge is 2.39. The van der Waals surface area contributed by atoms with Crippen molar-refractivity contribution in [3.05, 3.63) is 35.6 Å². The third-order valence-electron chi connectivity index (χ3n) is 3.24. The maximum Gasteiger partial charge on any atom is 0.326 e. The van der Waals surface area contributed by atoms with Crippen LogP contribution in [0.3, 0.4) is 0 Å². The second-order valence-electron chi connectivity index (χ2n) is 5.01. The quantitative estimate of drug-likeness (QED) is 0.814. The van der Waals surface area contributed by atoms with Crippen LogP contribution in [0, 0.1) is 5.82 Å². The molecule has 1 unspecified atom stereocenters. The molecule has 0 saturated heterocycles. The van der Waals surface area contributed by atoms with Gasteiger partial charge in [-0.3, -0.25) is 10.1 Å². The fourth-order valence-electron chi connectivity index (χ4n) is 2.11. The number of hydrogen-bond donors (Lipinski definition) is 1. The van der Waals surface area contributed by atoms with E-state index < -0.39 is 5.54 Å². The Morgan fingerprint density at radius 1 is 1.50 bits per heavy atom. The molecule has 1 aromatic carbocycles. The number of halogens is 1. The van der Waals surface area contributed by atoms with Gasteiger partial charge in [-0.05, 0) is 31.4 Å². The highest BCUT2D eigenvalue weighted by molar-refractivity contribution is 5.80. The molecular weight excluding hydrogens is 233 g/mol. The molecule has 1 aliphatic carbocycles. The molecule has 0 bridgehead atoms. The van der Waals surface area contributed by atoms with Gasteiger partial charge in [0.15, 0.2) is 0 Å². The molecule has 2 rings (SSSR count). The minimum Gasteiger partial charge on any atom is -0.468 e. The number of nitrogens with one attached hydrogen (secondary N) is 1. The lowest BCUT2D eigenvalue weighted by atomic mass is 9.92. The molecule has 0 spiro atoms. The predicted octanol–water partition coefficient (Wildman–Crippen LogP) is 2.05. The number of benzene rings is 1. The summed E-state index contributed by atoms with van der Waals surface area (Å²) in [6, 6.07) is 6.87. The van der Waals surface area contributed by atoms with Crippen LogP contribution in [0.2, 0.25) is 0 Å². The zero-order chi connectivity index (χ0) is 13.2. The summed E-state index contributed by atoms with van der Waals surface area (Å²) in [7, 11) is 1.36. The van der Waals surface area contributed by atoms with Crippen molar-refractivity contribution < 1.29 is 13.9 Å². The molecule has 3 nitrogen and oxygen atoms in total. The first-order chi connectivity index (χ1) is 8.55. The van der Waals surface area contributed by atoms with Gasteiger partial charge in [-0.15, -0.1) is 0 Å². The topological polar surface area (TPSA) is 38.3 Å². The summed E-state index contributed by atoms with van der Waals surface area (Å²) < 4.78 is 18.5. The normalized spacial score (nSPS) is 18.2. The lowest BCUT2D eigenvalue weighted by molar-refractivity contribution is -0.148. The van der Waals surface area contributed by atoms with Gasteiger partial charge in [-0.2, -0.15) is 0 Å². The van der Waals surface area contributed by atoms with E-state index in [0.717, 1.165) is 12.8 Å². The maximum absolute atomic E-state index is 13.7. The highest BCUT2D eigenvalue weighted by Crippen LogP contribution is 2.26. The molecule has 0 aromatic heterocycles. The number of methoxy groups -OCH3 is 1. The summed E-state index contributed by atoms with van der Waals surface area (Å²) in [6.45, 7) is 1.77. The van der Waals surface area contributed by atoms with Crippen LogP contribution in [0.4, 0.5) is 4.39 Å². The number of carbonyl (C=O) groups excluding carboxylic acids is 1. The average Bonchev–Trinajstić information content (AvgIpc) is 3.15. The Labute approximate surface area is 106 Å². The summed E-state index contributed by atoms with van der Waals surface area (Å²) >= 11 is 0. The molecule has 0 amide bonds. The van der Waals surface area contributed by atoms with Gasteiger partial charge in [0.25, 0.3) is 0 Å². The van der Waals surface area contributed by atoms with E-state index in [1.165, 1.54) is 13.2 Å². The molecule has 0 radical (unpaired) electrons. The standard InChI is InChI=1S/C14H18FNO2/c1-14(13(17)18-2,16-11-7-8-11)9-10-5-3-4-6-12(10)15/h3-6,11,16H,7-9H2,1-2H3. The van der Waals surface area contributed by atoms with E-state index in [1.807, 2.05) is 0 Å². The molecule has 1 aliphatic rings. The Hall–Kier alpha value is -1.42. The summed E-state index contributed by atoms with van der Waals surface area (Å²) in [4.78, 5) is 11.9. The van der Waals surface area contributed by atoms with E-state index in [2.05, 4.69) is 5.32 Å². The van der Waals surface area contributed by atoms with Crippen molar-refractivity contribution in [3.8, 4) is 0 Å². The van der Waals surface area contributed by atoms with Gasteiger partial charge >= 0.3 is 5.97 Å². The van der Waals surface area contributed by atoms with Gasteiger partial charge < -0.3 is 4.74 Å². The van der Waals surface area contributed by atoms with Crippen molar-refractivity contribution in [3.63, 3.8) is 0 Å². The molecule has 98 valence electrons. The second kappa shape index (κ2) is 5.06.